The van der Waals surface area contributed by atoms with Crippen LogP contribution < -0.4 is 5.56 Å². The number of esters is 1. The second-order valence-electron chi connectivity index (χ2n) is 4.43. The Morgan fingerprint density at radius 2 is 2.33 bits per heavy atom. The van der Waals surface area contributed by atoms with E-state index in [0.717, 1.165) is 0 Å². The van der Waals surface area contributed by atoms with Crippen LogP contribution in [0.15, 0.2) is 17.1 Å². The molecule has 18 heavy (non-hydrogen) atoms. The molecule has 2 heterocycles. The van der Waals surface area contributed by atoms with E-state index in [2.05, 4.69) is 0 Å². The van der Waals surface area contributed by atoms with Gasteiger partial charge in [0.05, 0.1) is 12.5 Å². The number of pyridine rings is 1. The molecule has 94 valence electrons. The van der Waals surface area contributed by atoms with E-state index in [4.69, 9.17) is 10.00 Å². The van der Waals surface area contributed by atoms with Gasteiger partial charge in [0.2, 0.25) is 0 Å². The number of nitriles is 1. The lowest BCUT2D eigenvalue weighted by Crippen LogP contribution is -2.24. The molecule has 1 saturated heterocycles. The van der Waals surface area contributed by atoms with Crippen LogP contribution >= 0.6 is 0 Å². The van der Waals surface area contributed by atoms with E-state index in [0.29, 0.717) is 31.6 Å². The zero-order valence-electron chi connectivity index (χ0n) is 10.2. The summed E-state index contributed by atoms with van der Waals surface area (Å²) in [6, 6.07) is 3.66. The minimum Gasteiger partial charge on any atom is -0.465 e. The van der Waals surface area contributed by atoms with E-state index in [1.165, 1.54) is 4.57 Å². The van der Waals surface area contributed by atoms with Crippen LogP contribution in [0.3, 0.4) is 0 Å². The van der Waals surface area contributed by atoms with Crippen molar-refractivity contribution in [1.29, 1.82) is 5.26 Å². The number of aryl methyl sites for hydroxylation is 2. The number of aromatic nitrogens is 1. The zero-order chi connectivity index (χ0) is 13.1. The molecule has 0 N–H and O–H groups in total. The summed E-state index contributed by atoms with van der Waals surface area (Å²) in [5.41, 5.74) is 0.564. The van der Waals surface area contributed by atoms with Gasteiger partial charge in [0, 0.05) is 12.7 Å². The molecule has 0 unspecified atom stereocenters. The standard InChI is InChI=1S/C13H14N2O3/c1-9-2-5-15(12(16)11(9)8-14)6-3-10-4-7-18-13(10)17/h2,5,10H,3-4,6-7H2,1H3/t10-/m0/s1. The summed E-state index contributed by atoms with van der Waals surface area (Å²) in [4.78, 5) is 23.2. The van der Waals surface area contributed by atoms with E-state index >= 15 is 0 Å². The molecule has 2 rings (SSSR count). The first kappa shape index (κ1) is 12.4. The Kier molecular flexibility index (Phi) is 3.47. The second kappa shape index (κ2) is 5.05. The van der Waals surface area contributed by atoms with Gasteiger partial charge in [-0.05, 0) is 31.4 Å². The monoisotopic (exact) mass is 246 g/mol. The van der Waals surface area contributed by atoms with Crippen molar-refractivity contribution in [3.05, 3.63) is 33.7 Å². The summed E-state index contributed by atoms with van der Waals surface area (Å²) in [6.45, 7) is 2.64. The molecule has 1 aliphatic rings. The molecule has 1 atom stereocenters. The highest BCUT2D eigenvalue weighted by molar-refractivity contribution is 5.73. The predicted octanol–water partition coefficient (Wildman–Crippen LogP) is 0.982. The third kappa shape index (κ3) is 2.28. The van der Waals surface area contributed by atoms with Gasteiger partial charge in [-0.3, -0.25) is 9.59 Å². The van der Waals surface area contributed by atoms with Gasteiger partial charge in [0.15, 0.2) is 0 Å². The number of carbonyl (C=O) groups is 1. The fourth-order valence-corrected chi connectivity index (χ4v) is 2.07. The topological polar surface area (TPSA) is 72.1 Å². The van der Waals surface area contributed by atoms with Crippen molar-refractivity contribution in [3.8, 4) is 6.07 Å². The van der Waals surface area contributed by atoms with Crippen molar-refractivity contribution in [3.63, 3.8) is 0 Å². The molecule has 0 aliphatic carbocycles. The average Bonchev–Trinajstić information content (AvgIpc) is 2.75. The summed E-state index contributed by atoms with van der Waals surface area (Å²) in [5.74, 6) is -0.306. The van der Waals surface area contributed by atoms with Gasteiger partial charge in [-0.1, -0.05) is 0 Å². The number of rotatable bonds is 3. The maximum Gasteiger partial charge on any atom is 0.309 e. The van der Waals surface area contributed by atoms with Gasteiger partial charge in [-0.15, -0.1) is 0 Å². The van der Waals surface area contributed by atoms with Crippen LogP contribution in [0.5, 0.6) is 0 Å². The molecule has 1 aromatic heterocycles. The van der Waals surface area contributed by atoms with Crippen molar-refractivity contribution < 1.29 is 9.53 Å². The minimum absolute atomic E-state index is 0.122. The number of nitrogens with zero attached hydrogens (tertiary/aromatic N) is 2. The third-order valence-corrected chi connectivity index (χ3v) is 3.25. The normalized spacial score (nSPS) is 18.4. The summed E-state index contributed by atoms with van der Waals surface area (Å²) in [7, 11) is 0. The maximum atomic E-state index is 11.9. The number of ether oxygens (including phenoxy) is 1. The van der Waals surface area contributed by atoms with E-state index in [1.807, 2.05) is 6.07 Å². The predicted molar refractivity (Wildman–Crippen MR) is 63.8 cm³/mol. The van der Waals surface area contributed by atoms with Gasteiger partial charge in [-0.25, -0.2) is 0 Å². The average molecular weight is 246 g/mol. The molecule has 5 nitrogen and oxygen atoms in total. The molecule has 0 amide bonds. The van der Waals surface area contributed by atoms with Crippen LogP contribution in [-0.4, -0.2) is 17.1 Å². The largest absolute Gasteiger partial charge is 0.465 e. The van der Waals surface area contributed by atoms with Gasteiger partial charge in [0.1, 0.15) is 11.6 Å². The second-order valence-corrected chi connectivity index (χ2v) is 4.43. The zero-order valence-corrected chi connectivity index (χ0v) is 10.2. The van der Waals surface area contributed by atoms with Gasteiger partial charge in [-0.2, -0.15) is 5.26 Å². The molecular weight excluding hydrogens is 232 g/mol. The van der Waals surface area contributed by atoms with Crippen molar-refractivity contribution in [1.82, 2.24) is 4.57 Å². The highest BCUT2D eigenvalue weighted by atomic mass is 16.5. The molecule has 0 saturated carbocycles. The molecule has 0 radical (unpaired) electrons. The molecular formula is C13H14N2O3. The van der Waals surface area contributed by atoms with Crippen LogP contribution in [0.4, 0.5) is 0 Å². The van der Waals surface area contributed by atoms with Crippen LogP contribution in [-0.2, 0) is 16.1 Å². The third-order valence-electron chi connectivity index (χ3n) is 3.25. The fraction of sp³-hybridized carbons (Fsp3) is 0.462. The highest BCUT2D eigenvalue weighted by Gasteiger charge is 2.26. The molecule has 1 fully saturated rings. The lowest BCUT2D eigenvalue weighted by Gasteiger charge is -2.09. The number of hydrogen-bond acceptors (Lipinski definition) is 4. The lowest BCUT2D eigenvalue weighted by atomic mass is 10.0. The Morgan fingerprint density at radius 3 is 2.94 bits per heavy atom. The Labute approximate surface area is 105 Å². The highest BCUT2D eigenvalue weighted by Crippen LogP contribution is 2.18. The van der Waals surface area contributed by atoms with Gasteiger partial charge in [0.25, 0.3) is 5.56 Å². The SMILES string of the molecule is Cc1ccn(CC[C@H]2CCOC2=O)c(=O)c1C#N. The first-order valence-electron chi connectivity index (χ1n) is 5.90. The van der Waals surface area contributed by atoms with Crippen LogP contribution in [0.2, 0.25) is 0 Å². The molecule has 0 aromatic carbocycles. The lowest BCUT2D eigenvalue weighted by molar-refractivity contribution is -0.141. The molecule has 0 bridgehead atoms. The first-order valence-corrected chi connectivity index (χ1v) is 5.90. The Balaban J connectivity index is 2.13. The number of carbonyl (C=O) groups excluding carboxylic acids is 1. The van der Waals surface area contributed by atoms with Gasteiger partial charge < -0.3 is 9.30 Å². The van der Waals surface area contributed by atoms with Crippen molar-refractivity contribution in [2.45, 2.75) is 26.3 Å². The number of hydrogen-bond donors (Lipinski definition) is 0. The van der Waals surface area contributed by atoms with E-state index in [9.17, 15) is 9.59 Å². The summed E-state index contributed by atoms with van der Waals surface area (Å²) in [6.07, 6.45) is 2.95. The van der Waals surface area contributed by atoms with Crippen molar-refractivity contribution in [2.24, 2.45) is 5.92 Å². The molecule has 0 spiro atoms. The van der Waals surface area contributed by atoms with E-state index < -0.39 is 0 Å². The van der Waals surface area contributed by atoms with E-state index in [-0.39, 0.29) is 23.0 Å². The quantitative estimate of drug-likeness (QED) is 0.745. The Bertz CT molecular complexity index is 569. The van der Waals surface area contributed by atoms with Crippen LogP contribution in [0.25, 0.3) is 0 Å². The molecule has 1 aliphatic heterocycles. The summed E-state index contributed by atoms with van der Waals surface area (Å²) >= 11 is 0. The molecule has 5 heteroatoms. The minimum atomic E-state index is -0.288. The fourth-order valence-electron chi connectivity index (χ4n) is 2.07. The maximum absolute atomic E-state index is 11.9. The van der Waals surface area contributed by atoms with Gasteiger partial charge >= 0.3 is 5.97 Å². The first-order chi connectivity index (χ1) is 8.63. The number of cyclic esters (lactones) is 1. The van der Waals surface area contributed by atoms with Crippen LogP contribution in [0.1, 0.15) is 24.0 Å². The Morgan fingerprint density at radius 1 is 1.56 bits per heavy atom. The van der Waals surface area contributed by atoms with Crippen LogP contribution in [0, 0.1) is 24.2 Å². The smallest absolute Gasteiger partial charge is 0.309 e. The van der Waals surface area contributed by atoms with Crippen molar-refractivity contribution >= 4 is 5.97 Å². The molecule has 1 aromatic rings. The summed E-state index contributed by atoms with van der Waals surface area (Å²) in [5, 5.41) is 8.91. The Hall–Kier alpha value is -2.09. The van der Waals surface area contributed by atoms with E-state index in [1.54, 1.807) is 19.2 Å². The summed E-state index contributed by atoms with van der Waals surface area (Å²) < 4.78 is 6.35. The van der Waals surface area contributed by atoms with Crippen molar-refractivity contribution in [2.75, 3.05) is 6.61 Å².